The third-order valence-electron chi connectivity index (χ3n) is 9.20. The summed E-state index contributed by atoms with van der Waals surface area (Å²) in [6, 6.07) is 4.92. The van der Waals surface area contributed by atoms with Gasteiger partial charge in [0.25, 0.3) is 0 Å². The van der Waals surface area contributed by atoms with Crippen molar-refractivity contribution in [3.8, 4) is 11.5 Å². The fourth-order valence-corrected chi connectivity index (χ4v) is 6.11. The molecule has 4 heteroatoms. The molecule has 2 aromatic carbocycles. The van der Waals surface area contributed by atoms with Gasteiger partial charge < -0.3 is 10.2 Å². The Labute approximate surface area is 226 Å². The van der Waals surface area contributed by atoms with Gasteiger partial charge >= 0.3 is 0 Å². The van der Waals surface area contributed by atoms with Crippen molar-refractivity contribution in [3.63, 3.8) is 0 Å². The van der Waals surface area contributed by atoms with E-state index >= 15 is 0 Å². The van der Waals surface area contributed by atoms with E-state index in [2.05, 4.69) is 84.2 Å². The summed E-state index contributed by atoms with van der Waals surface area (Å²) in [7, 11) is 0. The van der Waals surface area contributed by atoms with E-state index in [1.807, 2.05) is 0 Å². The van der Waals surface area contributed by atoms with Gasteiger partial charge in [-0.05, 0) is 103 Å². The maximum absolute atomic E-state index is 11.0. The summed E-state index contributed by atoms with van der Waals surface area (Å²) < 4.78 is 0. The van der Waals surface area contributed by atoms with E-state index in [0.29, 0.717) is 29.4 Å². The van der Waals surface area contributed by atoms with Crippen LogP contribution < -0.4 is 0 Å². The van der Waals surface area contributed by atoms with Crippen LogP contribution in [0.25, 0.3) is 0 Å². The van der Waals surface area contributed by atoms with Gasteiger partial charge in [-0.1, -0.05) is 53.2 Å². The standard InChI is InChI=1S/C33H52N2O2/c1-10-13-27-18-34(19-30-23(6)16-28(21(4)11-2)32(36)25(30)8)14-15-35(27)20-31-24(7)17-29(22(5)12-3)33(37)26(31)9/h16-17,21-22,27,36-37H,10-15,18-20H2,1-9H3. The van der Waals surface area contributed by atoms with Crippen molar-refractivity contribution in [2.75, 3.05) is 19.6 Å². The average molecular weight is 509 g/mol. The third kappa shape index (κ3) is 6.34. The van der Waals surface area contributed by atoms with Crippen LogP contribution >= 0.6 is 0 Å². The van der Waals surface area contributed by atoms with Gasteiger partial charge in [0, 0.05) is 38.8 Å². The minimum Gasteiger partial charge on any atom is -0.507 e. The Morgan fingerprint density at radius 3 is 1.73 bits per heavy atom. The molecule has 3 rings (SSSR count). The Hall–Kier alpha value is -2.04. The second kappa shape index (κ2) is 12.7. The predicted octanol–water partition coefficient (Wildman–Crippen LogP) is 7.84. The zero-order valence-electron chi connectivity index (χ0n) is 25.0. The molecule has 2 N–H and O–H groups in total. The van der Waals surface area contributed by atoms with Crippen molar-refractivity contribution >= 4 is 0 Å². The van der Waals surface area contributed by atoms with Gasteiger partial charge in [-0.3, -0.25) is 9.80 Å². The molecule has 1 heterocycles. The molecular weight excluding hydrogens is 456 g/mol. The first-order chi connectivity index (χ1) is 17.5. The molecule has 0 amide bonds. The van der Waals surface area contributed by atoms with Crippen LogP contribution in [0.2, 0.25) is 0 Å². The summed E-state index contributed by atoms with van der Waals surface area (Å²) in [6.07, 6.45) is 4.39. The highest BCUT2D eigenvalue weighted by molar-refractivity contribution is 5.51. The van der Waals surface area contributed by atoms with Crippen molar-refractivity contribution < 1.29 is 10.2 Å². The van der Waals surface area contributed by atoms with Crippen molar-refractivity contribution in [1.29, 1.82) is 0 Å². The van der Waals surface area contributed by atoms with Crippen LogP contribution in [0, 0.1) is 27.7 Å². The third-order valence-corrected chi connectivity index (χ3v) is 9.20. The molecule has 1 saturated heterocycles. The highest BCUT2D eigenvalue weighted by Gasteiger charge is 2.29. The van der Waals surface area contributed by atoms with Crippen molar-refractivity contribution in [1.82, 2.24) is 9.80 Å². The molecular formula is C33H52N2O2. The molecule has 0 radical (unpaired) electrons. The maximum atomic E-state index is 11.0. The second-order valence-electron chi connectivity index (χ2n) is 11.7. The highest BCUT2D eigenvalue weighted by atomic mass is 16.3. The number of phenols is 2. The van der Waals surface area contributed by atoms with Gasteiger partial charge in [-0.15, -0.1) is 0 Å². The molecule has 1 fully saturated rings. The molecule has 1 aliphatic heterocycles. The molecule has 1 aliphatic rings. The first-order valence-corrected chi connectivity index (χ1v) is 14.6. The van der Waals surface area contributed by atoms with Gasteiger partial charge in [0.1, 0.15) is 11.5 Å². The molecule has 4 nitrogen and oxygen atoms in total. The zero-order valence-corrected chi connectivity index (χ0v) is 25.0. The summed E-state index contributed by atoms with van der Waals surface area (Å²) in [4.78, 5) is 5.22. The SMILES string of the molecule is CCCC1CN(Cc2c(C)cc(C(C)CC)c(O)c2C)CCN1Cc1c(C)cc(C(C)CC)c(O)c1C. The van der Waals surface area contributed by atoms with E-state index in [0.717, 1.165) is 74.2 Å². The van der Waals surface area contributed by atoms with Crippen molar-refractivity contribution in [2.45, 2.75) is 119 Å². The minimum atomic E-state index is 0.369. The monoisotopic (exact) mass is 508 g/mol. The lowest BCUT2D eigenvalue weighted by Crippen LogP contribution is -2.52. The van der Waals surface area contributed by atoms with E-state index in [1.54, 1.807) is 0 Å². The minimum absolute atomic E-state index is 0.369. The van der Waals surface area contributed by atoms with Gasteiger partial charge in [-0.25, -0.2) is 0 Å². The fourth-order valence-electron chi connectivity index (χ4n) is 6.11. The van der Waals surface area contributed by atoms with Gasteiger partial charge in [-0.2, -0.15) is 0 Å². The molecule has 0 saturated carbocycles. The molecule has 206 valence electrons. The molecule has 2 aromatic rings. The van der Waals surface area contributed by atoms with Crippen LogP contribution in [-0.2, 0) is 13.1 Å². The summed E-state index contributed by atoms with van der Waals surface area (Å²) in [5, 5.41) is 22.0. The molecule has 0 aliphatic carbocycles. The van der Waals surface area contributed by atoms with Crippen LogP contribution in [0.3, 0.4) is 0 Å². The topological polar surface area (TPSA) is 46.9 Å². The fraction of sp³-hybridized carbons (Fsp3) is 0.636. The van der Waals surface area contributed by atoms with Gasteiger partial charge in [0.2, 0.25) is 0 Å². The number of hydrogen-bond donors (Lipinski definition) is 2. The second-order valence-corrected chi connectivity index (χ2v) is 11.7. The van der Waals surface area contributed by atoms with Gasteiger partial charge in [0.05, 0.1) is 0 Å². The van der Waals surface area contributed by atoms with E-state index < -0.39 is 0 Å². The number of piperazine rings is 1. The van der Waals surface area contributed by atoms with E-state index in [-0.39, 0.29) is 0 Å². The number of benzene rings is 2. The molecule has 3 unspecified atom stereocenters. The Morgan fingerprint density at radius 1 is 0.784 bits per heavy atom. The lowest BCUT2D eigenvalue weighted by atomic mass is 9.89. The summed E-state index contributed by atoms with van der Waals surface area (Å²) in [6.45, 7) is 24.5. The normalized spacial score (nSPS) is 18.8. The number of nitrogens with zero attached hydrogens (tertiary/aromatic N) is 2. The van der Waals surface area contributed by atoms with Crippen LogP contribution in [0.1, 0.15) is 117 Å². The summed E-state index contributed by atoms with van der Waals surface area (Å²) in [5.41, 5.74) is 9.44. The van der Waals surface area contributed by atoms with Crippen LogP contribution in [0.5, 0.6) is 11.5 Å². The Morgan fingerprint density at radius 2 is 1.27 bits per heavy atom. The lowest BCUT2D eigenvalue weighted by Gasteiger charge is -2.42. The first-order valence-electron chi connectivity index (χ1n) is 14.6. The van der Waals surface area contributed by atoms with Crippen molar-refractivity contribution in [2.24, 2.45) is 0 Å². The van der Waals surface area contributed by atoms with E-state index in [9.17, 15) is 10.2 Å². The molecule has 0 spiro atoms. The first kappa shape index (κ1) is 29.5. The zero-order chi connectivity index (χ0) is 27.4. The molecule has 0 bridgehead atoms. The van der Waals surface area contributed by atoms with Crippen LogP contribution in [-0.4, -0.2) is 45.7 Å². The number of phenolic OH excluding ortho intramolecular Hbond substituents is 2. The predicted molar refractivity (Wildman–Crippen MR) is 157 cm³/mol. The highest BCUT2D eigenvalue weighted by Crippen LogP contribution is 2.37. The quantitative estimate of drug-likeness (QED) is 0.343. The van der Waals surface area contributed by atoms with Crippen molar-refractivity contribution in [3.05, 3.63) is 56.6 Å². The summed E-state index contributed by atoms with van der Waals surface area (Å²) in [5.74, 6) is 1.72. The Kier molecular flexibility index (Phi) is 10.1. The number of rotatable bonds is 10. The molecule has 0 aromatic heterocycles. The number of aryl methyl sites for hydroxylation is 2. The van der Waals surface area contributed by atoms with E-state index in [4.69, 9.17) is 0 Å². The number of aromatic hydroxyl groups is 2. The Balaban J connectivity index is 1.80. The van der Waals surface area contributed by atoms with Crippen LogP contribution in [0.15, 0.2) is 12.1 Å². The number of hydrogen-bond acceptors (Lipinski definition) is 4. The summed E-state index contributed by atoms with van der Waals surface area (Å²) >= 11 is 0. The smallest absolute Gasteiger partial charge is 0.122 e. The van der Waals surface area contributed by atoms with E-state index in [1.165, 1.54) is 28.7 Å². The average Bonchev–Trinajstić information content (AvgIpc) is 2.88. The Bertz CT molecular complexity index is 1080. The molecule has 37 heavy (non-hydrogen) atoms. The van der Waals surface area contributed by atoms with Gasteiger partial charge in [0.15, 0.2) is 0 Å². The van der Waals surface area contributed by atoms with Crippen LogP contribution in [0.4, 0.5) is 0 Å². The largest absolute Gasteiger partial charge is 0.507 e. The molecule has 3 atom stereocenters. The lowest BCUT2D eigenvalue weighted by molar-refractivity contribution is 0.0586. The maximum Gasteiger partial charge on any atom is 0.122 e.